The van der Waals surface area contributed by atoms with Crippen molar-refractivity contribution in [1.29, 1.82) is 0 Å². The van der Waals surface area contributed by atoms with Crippen molar-refractivity contribution in [2.75, 3.05) is 26.4 Å². The zero-order valence-corrected chi connectivity index (χ0v) is 15.9. The summed E-state index contributed by atoms with van der Waals surface area (Å²) in [5.74, 6) is 0.941. The van der Waals surface area contributed by atoms with Gasteiger partial charge in [-0.2, -0.15) is 4.31 Å². The van der Waals surface area contributed by atoms with Crippen LogP contribution in [-0.4, -0.2) is 45.1 Å². The number of hydrogen-bond donors (Lipinski definition) is 1. The number of piperidine rings is 1. The van der Waals surface area contributed by atoms with Crippen molar-refractivity contribution < 1.29 is 22.7 Å². The van der Waals surface area contributed by atoms with Crippen LogP contribution >= 0.6 is 0 Å². The minimum atomic E-state index is -3.59. The molecule has 0 saturated carbocycles. The van der Waals surface area contributed by atoms with Gasteiger partial charge in [0, 0.05) is 31.6 Å². The van der Waals surface area contributed by atoms with Gasteiger partial charge < -0.3 is 14.8 Å². The van der Waals surface area contributed by atoms with Gasteiger partial charge in [0.1, 0.15) is 0 Å². The first-order valence-corrected chi connectivity index (χ1v) is 10.6. The van der Waals surface area contributed by atoms with Gasteiger partial charge in [-0.3, -0.25) is 4.79 Å². The van der Waals surface area contributed by atoms with Crippen molar-refractivity contribution in [2.24, 2.45) is 5.92 Å². The van der Waals surface area contributed by atoms with Crippen molar-refractivity contribution in [1.82, 2.24) is 9.62 Å². The second-order valence-electron chi connectivity index (χ2n) is 6.69. The highest BCUT2D eigenvalue weighted by Crippen LogP contribution is 2.35. The summed E-state index contributed by atoms with van der Waals surface area (Å²) < 4.78 is 37.6. The van der Waals surface area contributed by atoms with Crippen molar-refractivity contribution in [3.63, 3.8) is 0 Å². The molecule has 0 spiro atoms. The quantitative estimate of drug-likeness (QED) is 0.730. The Morgan fingerprint density at radius 1 is 1.19 bits per heavy atom. The van der Waals surface area contributed by atoms with Crippen molar-refractivity contribution in [2.45, 2.75) is 43.9 Å². The van der Waals surface area contributed by atoms with Crippen LogP contribution in [0.25, 0.3) is 0 Å². The van der Waals surface area contributed by atoms with E-state index in [2.05, 4.69) is 12.2 Å². The number of amides is 1. The molecule has 0 atom stereocenters. The van der Waals surface area contributed by atoms with Gasteiger partial charge in [0.25, 0.3) is 0 Å². The average Bonchev–Trinajstić information content (AvgIpc) is 3.13. The van der Waals surface area contributed by atoms with Crippen LogP contribution in [0.15, 0.2) is 23.1 Å². The lowest BCUT2D eigenvalue weighted by Gasteiger charge is -2.30. The zero-order chi connectivity index (χ0) is 18.6. The highest BCUT2D eigenvalue weighted by atomic mass is 32.2. The Morgan fingerprint density at radius 3 is 2.65 bits per heavy atom. The van der Waals surface area contributed by atoms with Crippen LogP contribution in [0.5, 0.6) is 11.5 Å². The number of sulfonamides is 1. The Labute approximate surface area is 154 Å². The predicted molar refractivity (Wildman–Crippen MR) is 96.6 cm³/mol. The summed E-state index contributed by atoms with van der Waals surface area (Å²) in [6.07, 6.45) is 4.30. The molecule has 1 aromatic rings. The lowest BCUT2D eigenvalue weighted by molar-refractivity contribution is -0.126. The molecule has 2 heterocycles. The van der Waals surface area contributed by atoms with Gasteiger partial charge in [0.05, 0.1) is 4.90 Å². The molecule has 26 heavy (non-hydrogen) atoms. The third kappa shape index (κ3) is 4.12. The molecule has 8 heteroatoms. The van der Waals surface area contributed by atoms with Crippen molar-refractivity contribution in [3.8, 4) is 11.5 Å². The second-order valence-corrected chi connectivity index (χ2v) is 8.63. The summed E-state index contributed by atoms with van der Waals surface area (Å²) >= 11 is 0. The molecule has 2 aliphatic heterocycles. The van der Waals surface area contributed by atoms with E-state index in [0.29, 0.717) is 44.0 Å². The standard InChI is InChI=1S/C18H26N2O5S/c1-2-3-4-9-19-18(21)14-7-10-20(11-8-14)26(22,23)15-5-6-16-17(12-15)25-13-24-16/h5-6,12,14H,2-4,7-11,13H2,1H3,(H,19,21). The summed E-state index contributed by atoms with van der Waals surface area (Å²) in [5, 5.41) is 2.96. The van der Waals surface area contributed by atoms with Crippen LogP contribution in [0.4, 0.5) is 0 Å². The van der Waals surface area contributed by atoms with E-state index in [1.807, 2.05) is 0 Å². The van der Waals surface area contributed by atoms with Crippen LogP contribution in [0, 0.1) is 5.92 Å². The van der Waals surface area contributed by atoms with Gasteiger partial charge in [-0.15, -0.1) is 0 Å². The Kier molecular flexibility index (Phi) is 6.03. The predicted octanol–water partition coefficient (Wildman–Crippen LogP) is 2.12. The van der Waals surface area contributed by atoms with E-state index >= 15 is 0 Å². The van der Waals surface area contributed by atoms with Gasteiger partial charge in [-0.05, 0) is 31.4 Å². The maximum absolute atomic E-state index is 12.8. The zero-order valence-electron chi connectivity index (χ0n) is 15.1. The third-order valence-electron chi connectivity index (χ3n) is 4.89. The molecular weight excluding hydrogens is 356 g/mol. The molecule has 0 bridgehead atoms. The SMILES string of the molecule is CCCCCNC(=O)C1CCN(S(=O)(=O)c2ccc3c(c2)OCO3)CC1. The minimum Gasteiger partial charge on any atom is -0.454 e. The first kappa shape index (κ1) is 19.0. The number of hydrogen-bond acceptors (Lipinski definition) is 5. The molecular formula is C18H26N2O5S. The third-order valence-corrected chi connectivity index (χ3v) is 6.78. The number of ether oxygens (including phenoxy) is 2. The van der Waals surface area contributed by atoms with E-state index in [-0.39, 0.29) is 23.5 Å². The lowest BCUT2D eigenvalue weighted by Crippen LogP contribution is -2.43. The molecule has 144 valence electrons. The monoisotopic (exact) mass is 382 g/mol. The highest BCUT2D eigenvalue weighted by molar-refractivity contribution is 7.89. The average molecular weight is 382 g/mol. The van der Waals surface area contributed by atoms with Crippen LogP contribution in [-0.2, 0) is 14.8 Å². The normalized spacial score (nSPS) is 18.0. The van der Waals surface area contributed by atoms with E-state index in [1.165, 1.54) is 16.4 Å². The first-order valence-electron chi connectivity index (χ1n) is 9.20. The van der Waals surface area contributed by atoms with E-state index in [9.17, 15) is 13.2 Å². The van der Waals surface area contributed by atoms with Gasteiger partial charge in [-0.25, -0.2) is 8.42 Å². The number of carbonyl (C=O) groups excluding carboxylic acids is 1. The van der Waals surface area contributed by atoms with E-state index in [1.54, 1.807) is 6.07 Å². The smallest absolute Gasteiger partial charge is 0.243 e. The van der Waals surface area contributed by atoms with Crippen LogP contribution in [0.2, 0.25) is 0 Å². The van der Waals surface area contributed by atoms with E-state index in [4.69, 9.17) is 9.47 Å². The van der Waals surface area contributed by atoms with Crippen LogP contribution < -0.4 is 14.8 Å². The van der Waals surface area contributed by atoms with Gasteiger partial charge in [0.2, 0.25) is 22.7 Å². The summed E-state index contributed by atoms with van der Waals surface area (Å²) in [6.45, 7) is 3.63. The number of nitrogens with zero attached hydrogens (tertiary/aromatic N) is 1. The van der Waals surface area contributed by atoms with Gasteiger partial charge in [-0.1, -0.05) is 19.8 Å². The molecule has 1 fully saturated rings. The molecule has 0 aliphatic carbocycles. The molecule has 0 unspecified atom stereocenters. The Balaban J connectivity index is 1.56. The first-order chi connectivity index (χ1) is 12.5. The molecule has 1 N–H and O–H groups in total. The number of unbranched alkanes of at least 4 members (excludes halogenated alkanes) is 2. The van der Waals surface area contributed by atoms with Crippen LogP contribution in [0.1, 0.15) is 39.0 Å². The summed E-state index contributed by atoms with van der Waals surface area (Å²) in [4.78, 5) is 12.4. The number of rotatable bonds is 7. The number of fused-ring (bicyclic) bond motifs is 1. The largest absolute Gasteiger partial charge is 0.454 e. The summed E-state index contributed by atoms with van der Waals surface area (Å²) in [7, 11) is -3.59. The molecule has 1 aromatic carbocycles. The van der Waals surface area contributed by atoms with Crippen LogP contribution in [0.3, 0.4) is 0 Å². The Morgan fingerprint density at radius 2 is 1.92 bits per heavy atom. The molecule has 2 aliphatic rings. The van der Waals surface area contributed by atoms with Crippen molar-refractivity contribution >= 4 is 15.9 Å². The minimum absolute atomic E-state index is 0.0428. The molecule has 1 amide bonds. The fourth-order valence-electron chi connectivity index (χ4n) is 3.28. The van der Waals surface area contributed by atoms with Gasteiger partial charge in [0.15, 0.2) is 11.5 Å². The number of nitrogens with one attached hydrogen (secondary N) is 1. The Bertz CT molecular complexity index is 742. The maximum atomic E-state index is 12.8. The second kappa shape index (κ2) is 8.26. The molecule has 1 saturated heterocycles. The van der Waals surface area contributed by atoms with E-state index < -0.39 is 10.0 Å². The molecule has 3 rings (SSSR count). The van der Waals surface area contributed by atoms with E-state index in [0.717, 1.165) is 19.3 Å². The van der Waals surface area contributed by atoms with Crippen molar-refractivity contribution in [3.05, 3.63) is 18.2 Å². The summed E-state index contributed by atoms with van der Waals surface area (Å²) in [6, 6.07) is 4.66. The highest BCUT2D eigenvalue weighted by Gasteiger charge is 2.32. The number of carbonyl (C=O) groups is 1. The maximum Gasteiger partial charge on any atom is 0.243 e. The Hall–Kier alpha value is -1.80. The topological polar surface area (TPSA) is 84.9 Å². The summed E-state index contributed by atoms with van der Waals surface area (Å²) in [5.41, 5.74) is 0. The molecule has 0 radical (unpaired) electrons. The molecule has 0 aromatic heterocycles. The fourth-order valence-corrected chi connectivity index (χ4v) is 4.76. The fraction of sp³-hybridized carbons (Fsp3) is 0.611. The molecule has 7 nitrogen and oxygen atoms in total. The van der Waals surface area contributed by atoms with Gasteiger partial charge >= 0.3 is 0 Å². The lowest BCUT2D eigenvalue weighted by atomic mass is 9.97. The number of benzene rings is 1.